The zero-order chi connectivity index (χ0) is 14.7. The lowest BCUT2D eigenvalue weighted by Crippen LogP contribution is -2.20. The number of anilines is 1. The van der Waals surface area contributed by atoms with Crippen molar-refractivity contribution in [2.45, 2.75) is 13.5 Å². The van der Waals surface area contributed by atoms with Crippen LogP contribution in [0.4, 0.5) is 5.82 Å². The average Bonchev–Trinajstić information content (AvgIpc) is 2.51. The van der Waals surface area contributed by atoms with E-state index in [9.17, 15) is 4.79 Å². The van der Waals surface area contributed by atoms with Gasteiger partial charge < -0.3 is 9.88 Å². The molecule has 0 aliphatic rings. The monoisotopic (exact) mass is 279 g/mol. The molecule has 3 rings (SSSR count). The number of aromatic nitrogens is 2. The van der Waals surface area contributed by atoms with Crippen LogP contribution < -0.4 is 10.9 Å². The van der Waals surface area contributed by atoms with E-state index >= 15 is 0 Å². The molecule has 1 N–H and O–H groups in total. The van der Waals surface area contributed by atoms with Gasteiger partial charge in [0.05, 0.1) is 17.8 Å². The van der Waals surface area contributed by atoms with Crippen molar-refractivity contribution in [3.8, 4) is 0 Å². The molecule has 3 aromatic rings. The normalized spacial score (nSPS) is 10.7. The number of para-hydroxylation sites is 1. The zero-order valence-corrected chi connectivity index (χ0v) is 11.9. The summed E-state index contributed by atoms with van der Waals surface area (Å²) in [5.74, 6) is 0.836. The number of pyridine rings is 2. The summed E-state index contributed by atoms with van der Waals surface area (Å²) in [5.41, 5.74) is 1.79. The highest BCUT2D eigenvalue weighted by molar-refractivity contribution is 5.78. The molecular weight excluding hydrogens is 262 g/mol. The minimum atomic E-state index is -0.00986. The molecule has 0 fully saturated rings. The smallest absolute Gasteiger partial charge is 0.251 e. The van der Waals surface area contributed by atoms with E-state index in [0.717, 1.165) is 29.0 Å². The fraction of sp³-hybridized carbons (Fsp3) is 0.176. The summed E-state index contributed by atoms with van der Waals surface area (Å²) < 4.78 is 1.76. The van der Waals surface area contributed by atoms with E-state index in [2.05, 4.69) is 10.3 Å². The van der Waals surface area contributed by atoms with E-state index in [0.29, 0.717) is 6.54 Å². The van der Waals surface area contributed by atoms with Gasteiger partial charge in [-0.25, -0.2) is 4.98 Å². The van der Waals surface area contributed by atoms with Crippen molar-refractivity contribution in [1.82, 2.24) is 9.55 Å². The summed E-state index contributed by atoms with van der Waals surface area (Å²) >= 11 is 0. The topological polar surface area (TPSA) is 46.9 Å². The Bertz CT molecular complexity index is 823. The van der Waals surface area contributed by atoms with Crippen LogP contribution in [0.1, 0.15) is 12.6 Å². The predicted molar refractivity (Wildman–Crippen MR) is 85.7 cm³/mol. The Balaban J connectivity index is 2.03. The van der Waals surface area contributed by atoms with Crippen LogP contribution in [0.5, 0.6) is 0 Å². The van der Waals surface area contributed by atoms with Gasteiger partial charge in [-0.05, 0) is 36.6 Å². The summed E-state index contributed by atoms with van der Waals surface area (Å²) in [6.45, 7) is 3.33. The van der Waals surface area contributed by atoms with Crippen molar-refractivity contribution in [2.24, 2.45) is 0 Å². The third-order valence-electron chi connectivity index (χ3n) is 3.38. The Labute approximate surface area is 123 Å². The maximum absolute atomic E-state index is 12.2. The third kappa shape index (κ3) is 2.79. The molecule has 0 amide bonds. The lowest BCUT2D eigenvalue weighted by molar-refractivity contribution is 0.771. The fourth-order valence-corrected chi connectivity index (χ4v) is 2.42. The Morgan fingerprint density at radius 3 is 2.76 bits per heavy atom. The molecule has 0 radical (unpaired) electrons. The first-order chi connectivity index (χ1) is 10.3. The second-order valence-electron chi connectivity index (χ2n) is 4.86. The second-order valence-corrected chi connectivity index (χ2v) is 4.86. The highest BCUT2D eigenvalue weighted by Crippen LogP contribution is 2.13. The molecule has 1 aromatic carbocycles. The molecule has 0 bridgehead atoms. The molecule has 0 aliphatic heterocycles. The lowest BCUT2D eigenvalue weighted by atomic mass is 10.2. The van der Waals surface area contributed by atoms with Crippen molar-refractivity contribution < 1.29 is 0 Å². The summed E-state index contributed by atoms with van der Waals surface area (Å²) in [4.78, 5) is 16.7. The van der Waals surface area contributed by atoms with Gasteiger partial charge in [-0.3, -0.25) is 4.79 Å². The molecule has 0 saturated carbocycles. The summed E-state index contributed by atoms with van der Waals surface area (Å²) in [5, 5.41) is 4.24. The molecule has 0 atom stereocenters. The van der Waals surface area contributed by atoms with Gasteiger partial charge in [0.15, 0.2) is 0 Å². The number of fused-ring (bicyclic) bond motifs is 1. The van der Waals surface area contributed by atoms with Crippen LogP contribution in [0.3, 0.4) is 0 Å². The molecule has 4 heteroatoms. The highest BCUT2D eigenvalue weighted by atomic mass is 16.1. The van der Waals surface area contributed by atoms with Crippen LogP contribution in [0.25, 0.3) is 10.9 Å². The van der Waals surface area contributed by atoms with E-state index in [-0.39, 0.29) is 5.56 Å². The van der Waals surface area contributed by atoms with E-state index in [1.807, 2.05) is 55.5 Å². The largest absolute Gasteiger partial charge is 0.370 e. The molecular formula is C17H17N3O. The van der Waals surface area contributed by atoms with Gasteiger partial charge in [-0.15, -0.1) is 0 Å². The minimum absolute atomic E-state index is 0.00986. The van der Waals surface area contributed by atoms with E-state index in [1.54, 1.807) is 10.6 Å². The van der Waals surface area contributed by atoms with Gasteiger partial charge in [0, 0.05) is 12.6 Å². The predicted octanol–water partition coefficient (Wildman–Crippen LogP) is 2.88. The number of nitrogens with one attached hydrogen (secondary N) is 1. The van der Waals surface area contributed by atoms with Crippen LogP contribution in [0.15, 0.2) is 59.4 Å². The van der Waals surface area contributed by atoms with Crippen molar-refractivity contribution >= 4 is 16.7 Å². The summed E-state index contributed by atoms with van der Waals surface area (Å²) in [7, 11) is 0. The Morgan fingerprint density at radius 2 is 1.90 bits per heavy atom. The molecule has 21 heavy (non-hydrogen) atoms. The number of benzene rings is 1. The van der Waals surface area contributed by atoms with Gasteiger partial charge in [0.2, 0.25) is 0 Å². The average molecular weight is 279 g/mol. The standard InChI is InChI=1S/C17H17N3O/c1-2-18-16-9-5-7-14(19-16)12-20-15-8-4-3-6-13(15)10-11-17(20)21/h3-11H,2,12H2,1H3,(H,18,19). The van der Waals surface area contributed by atoms with Crippen LogP contribution >= 0.6 is 0 Å². The van der Waals surface area contributed by atoms with Gasteiger partial charge in [-0.1, -0.05) is 24.3 Å². The van der Waals surface area contributed by atoms with E-state index in [4.69, 9.17) is 0 Å². The van der Waals surface area contributed by atoms with E-state index in [1.165, 1.54) is 0 Å². The third-order valence-corrected chi connectivity index (χ3v) is 3.38. The lowest BCUT2D eigenvalue weighted by Gasteiger charge is -2.10. The highest BCUT2D eigenvalue weighted by Gasteiger charge is 2.05. The van der Waals surface area contributed by atoms with Crippen LogP contribution in [0.2, 0.25) is 0 Å². The van der Waals surface area contributed by atoms with Crippen molar-refractivity contribution in [2.75, 3.05) is 11.9 Å². The Kier molecular flexibility index (Phi) is 3.69. The number of hydrogen-bond acceptors (Lipinski definition) is 3. The first-order valence-electron chi connectivity index (χ1n) is 7.06. The molecule has 0 spiro atoms. The molecule has 0 unspecified atom stereocenters. The number of rotatable bonds is 4. The zero-order valence-electron chi connectivity index (χ0n) is 11.9. The van der Waals surface area contributed by atoms with Crippen molar-refractivity contribution in [3.63, 3.8) is 0 Å². The van der Waals surface area contributed by atoms with Gasteiger partial charge in [0.25, 0.3) is 5.56 Å². The van der Waals surface area contributed by atoms with Crippen molar-refractivity contribution in [3.05, 3.63) is 70.6 Å². The summed E-state index contributed by atoms with van der Waals surface area (Å²) in [6.07, 6.45) is 0. The Hall–Kier alpha value is -2.62. The van der Waals surface area contributed by atoms with Crippen LogP contribution in [-0.4, -0.2) is 16.1 Å². The fourth-order valence-electron chi connectivity index (χ4n) is 2.42. The first kappa shape index (κ1) is 13.4. The molecule has 4 nitrogen and oxygen atoms in total. The molecule has 0 saturated heterocycles. The van der Waals surface area contributed by atoms with Gasteiger partial charge in [-0.2, -0.15) is 0 Å². The SMILES string of the molecule is CCNc1cccc(Cn2c(=O)ccc3ccccc32)n1. The molecule has 2 heterocycles. The second kappa shape index (κ2) is 5.79. The van der Waals surface area contributed by atoms with Crippen molar-refractivity contribution in [1.29, 1.82) is 0 Å². The molecule has 106 valence electrons. The van der Waals surface area contributed by atoms with Gasteiger partial charge in [0.1, 0.15) is 5.82 Å². The number of hydrogen-bond donors (Lipinski definition) is 1. The molecule has 0 aliphatic carbocycles. The van der Waals surface area contributed by atoms with Crippen LogP contribution in [-0.2, 0) is 6.54 Å². The number of nitrogens with zero attached hydrogens (tertiary/aromatic N) is 2. The maximum atomic E-state index is 12.2. The quantitative estimate of drug-likeness (QED) is 0.799. The van der Waals surface area contributed by atoms with Gasteiger partial charge >= 0.3 is 0 Å². The Morgan fingerprint density at radius 1 is 1.05 bits per heavy atom. The van der Waals surface area contributed by atoms with E-state index < -0.39 is 0 Å². The maximum Gasteiger partial charge on any atom is 0.251 e. The summed E-state index contributed by atoms with van der Waals surface area (Å²) in [6, 6.07) is 17.2. The first-order valence-corrected chi connectivity index (χ1v) is 7.06. The minimum Gasteiger partial charge on any atom is -0.370 e. The molecule has 2 aromatic heterocycles. The van der Waals surface area contributed by atoms with Crippen LogP contribution in [0, 0.1) is 0 Å².